The molecule has 2 unspecified atom stereocenters. The summed E-state index contributed by atoms with van der Waals surface area (Å²) < 4.78 is 44.6. The van der Waals surface area contributed by atoms with Crippen LogP contribution in [0.1, 0.15) is 89.8 Å². The van der Waals surface area contributed by atoms with Crippen molar-refractivity contribution in [2.24, 2.45) is 17.3 Å². The summed E-state index contributed by atoms with van der Waals surface area (Å²) in [5.41, 5.74) is 0.123. The number of alkyl carbamates (subject to hydrolysis) is 1. The van der Waals surface area contributed by atoms with Gasteiger partial charge in [0, 0.05) is 17.7 Å². The number of nitrogens with zero attached hydrogens (tertiary/aromatic N) is 1. The number of amides is 2. The van der Waals surface area contributed by atoms with Gasteiger partial charge in [-0.2, -0.15) is 13.2 Å². The van der Waals surface area contributed by atoms with Crippen LogP contribution in [-0.2, 0) is 16.1 Å². The first kappa shape index (κ1) is 37.2. The maximum absolute atomic E-state index is 13.1. The van der Waals surface area contributed by atoms with Gasteiger partial charge in [0.15, 0.2) is 0 Å². The quantitative estimate of drug-likeness (QED) is 0.177. The van der Waals surface area contributed by atoms with E-state index in [1.165, 1.54) is 6.20 Å². The standard InChI is InChI=1S/C19H24F3N3O2.C9H14N2O.C2H6.C2H2/c1-13-23-11-16(24-13)15(9-10-18(2,3)19(20,21)22)25-17(26)27-12-14-7-5-4-6-8-14;1-5(10)2-8-6-3-7(4-6)11-9(8)12;2*1-2/h4-8,11,15H,9-10,12H2,1-3H3,(H,23,24)(H,25,26);6-8,10H,2-4H2,1H3,(H,11,12);1-2H3;1-2H. The Balaban J connectivity index is 0.000000477. The van der Waals surface area contributed by atoms with E-state index in [4.69, 9.17) is 10.1 Å². The molecule has 1 saturated carbocycles. The maximum Gasteiger partial charge on any atom is 0.408 e. The number of imidazole rings is 1. The van der Waals surface area contributed by atoms with Gasteiger partial charge in [0.25, 0.3) is 0 Å². The largest absolute Gasteiger partial charge is 0.445 e. The summed E-state index contributed by atoms with van der Waals surface area (Å²) in [6.07, 6.45) is 7.37. The second-order valence-electron chi connectivity index (χ2n) is 11.1. The van der Waals surface area contributed by atoms with Crippen molar-refractivity contribution in [1.29, 1.82) is 5.41 Å². The third-order valence-corrected chi connectivity index (χ3v) is 7.38. The van der Waals surface area contributed by atoms with Crippen molar-refractivity contribution in [1.82, 2.24) is 20.6 Å². The topological polar surface area (TPSA) is 120 Å². The van der Waals surface area contributed by atoms with Gasteiger partial charge in [-0.15, -0.1) is 12.8 Å². The van der Waals surface area contributed by atoms with Gasteiger partial charge in [0.05, 0.1) is 23.3 Å². The van der Waals surface area contributed by atoms with Gasteiger partial charge in [-0.05, 0) is 57.4 Å². The summed E-state index contributed by atoms with van der Waals surface area (Å²) in [5, 5.41) is 13.0. The number of piperidine rings is 2. The smallest absolute Gasteiger partial charge is 0.408 e. The molecule has 2 bridgehead atoms. The predicted molar refractivity (Wildman–Crippen MR) is 162 cm³/mol. The average Bonchev–Trinajstić information content (AvgIpc) is 3.38. The van der Waals surface area contributed by atoms with Crippen LogP contribution in [0, 0.1) is 42.4 Å². The van der Waals surface area contributed by atoms with Crippen molar-refractivity contribution in [3.05, 3.63) is 53.6 Å². The molecule has 8 nitrogen and oxygen atoms in total. The average molecular weight is 606 g/mol. The molecule has 5 rings (SSSR count). The van der Waals surface area contributed by atoms with E-state index in [1.54, 1.807) is 13.8 Å². The number of hydrogen-bond acceptors (Lipinski definition) is 5. The Bertz CT molecular complexity index is 1170. The van der Waals surface area contributed by atoms with Gasteiger partial charge in [0.2, 0.25) is 5.91 Å². The molecule has 3 heterocycles. The summed E-state index contributed by atoms with van der Waals surface area (Å²) in [6.45, 7) is 9.88. The second kappa shape index (κ2) is 17.3. The van der Waals surface area contributed by atoms with E-state index in [0.29, 0.717) is 35.6 Å². The number of benzene rings is 1. The zero-order valence-electron chi connectivity index (χ0n) is 26.0. The van der Waals surface area contributed by atoms with Gasteiger partial charge in [0.1, 0.15) is 12.4 Å². The minimum Gasteiger partial charge on any atom is -0.445 e. The normalized spacial score (nSPS) is 19.2. The van der Waals surface area contributed by atoms with Crippen molar-refractivity contribution in [3.8, 4) is 12.8 Å². The summed E-state index contributed by atoms with van der Waals surface area (Å²) in [4.78, 5) is 30.5. The number of fused-ring (bicyclic) bond motifs is 2. The number of rotatable bonds is 9. The molecule has 238 valence electrons. The van der Waals surface area contributed by atoms with Gasteiger partial charge >= 0.3 is 12.3 Å². The third kappa shape index (κ3) is 11.8. The molecular formula is C32H46F3N5O3. The summed E-state index contributed by atoms with van der Waals surface area (Å²) in [7, 11) is 0. The van der Waals surface area contributed by atoms with Crippen molar-refractivity contribution in [2.75, 3.05) is 0 Å². The SMILES string of the molecule is C#C.CC.CC(=N)CC1C(=O)NC2CC1C2.Cc1ncc(C(CCC(C)(C)C(F)(F)F)NC(=O)OCc2ccccc2)[nH]1. The molecule has 1 aromatic carbocycles. The highest BCUT2D eigenvalue weighted by atomic mass is 19.4. The number of ether oxygens (including phenoxy) is 1. The highest BCUT2D eigenvalue weighted by Gasteiger charge is 2.47. The molecule has 11 heteroatoms. The van der Waals surface area contributed by atoms with Crippen LogP contribution >= 0.6 is 0 Å². The number of H-pyrrole nitrogens is 1. The molecule has 43 heavy (non-hydrogen) atoms. The minimum absolute atomic E-state index is 0.0788. The number of aromatic nitrogens is 2. The number of carbonyl (C=O) groups excluding carboxylic acids is 2. The monoisotopic (exact) mass is 605 g/mol. The molecule has 0 radical (unpaired) electrons. The van der Waals surface area contributed by atoms with Gasteiger partial charge in [-0.25, -0.2) is 9.78 Å². The fraction of sp³-hybridized carbons (Fsp3) is 0.562. The first-order chi connectivity index (χ1) is 20.2. The molecule has 3 aliphatic rings. The Kier molecular flexibility index (Phi) is 15.0. The first-order valence-corrected chi connectivity index (χ1v) is 14.5. The maximum atomic E-state index is 13.1. The summed E-state index contributed by atoms with van der Waals surface area (Å²) in [6, 6.07) is 8.94. The Morgan fingerprint density at radius 2 is 1.79 bits per heavy atom. The van der Waals surface area contributed by atoms with Crippen molar-refractivity contribution in [2.45, 2.75) is 98.5 Å². The Labute approximate surface area is 253 Å². The van der Waals surface area contributed by atoms with E-state index in [0.717, 1.165) is 32.3 Å². The molecule has 0 spiro atoms. The second-order valence-corrected chi connectivity index (χ2v) is 11.1. The Hall–Kier alpha value is -3.81. The zero-order chi connectivity index (χ0) is 32.8. The molecule has 1 aromatic heterocycles. The number of aromatic amines is 1. The van der Waals surface area contributed by atoms with Gasteiger partial charge in [-0.1, -0.05) is 58.0 Å². The zero-order valence-corrected chi connectivity index (χ0v) is 26.0. The number of halogens is 3. The first-order valence-electron chi connectivity index (χ1n) is 14.5. The molecule has 2 amide bonds. The lowest BCUT2D eigenvalue weighted by atomic mass is 9.67. The number of aryl methyl sites for hydroxylation is 1. The van der Waals surface area contributed by atoms with Crippen LogP contribution in [0.4, 0.5) is 18.0 Å². The van der Waals surface area contributed by atoms with Crippen LogP contribution in [0.5, 0.6) is 0 Å². The molecule has 2 aromatic rings. The highest BCUT2D eigenvalue weighted by molar-refractivity contribution is 5.88. The lowest BCUT2D eigenvalue weighted by Crippen LogP contribution is -2.57. The van der Waals surface area contributed by atoms with E-state index in [1.807, 2.05) is 44.2 Å². The van der Waals surface area contributed by atoms with E-state index in [9.17, 15) is 22.8 Å². The molecule has 2 aliphatic heterocycles. The minimum atomic E-state index is -4.32. The molecule has 2 atom stereocenters. The molecular weight excluding hydrogens is 559 g/mol. The lowest BCUT2D eigenvalue weighted by molar-refractivity contribution is -0.214. The van der Waals surface area contributed by atoms with Crippen LogP contribution in [0.2, 0.25) is 0 Å². The molecule has 1 aliphatic carbocycles. The predicted octanol–water partition coefficient (Wildman–Crippen LogP) is 7.27. The number of alkyl halides is 3. The fourth-order valence-corrected chi connectivity index (χ4v) is 4.70. The summed E-state index contributed by atoms with van der Waals surface area (Å²) in [5.74, 6) is 1.47. The van der Waals surface area contributed by atoms with Crippen molar-refractivity contribution in [3.63, 3.8) is 0 Å². The lowest BCUT2D eigenvalue weighted by Gasteiger charge is -2.46. The van der Waals surface area contributed by atoms with Crippen LogP contribution in [0.3, 0.4) is 0 Å². The number of nitrogens with one attached hydrogen (secondary N) is 4. The number of carbonyl (C=O) groups is 2. The fourth-order valence-electron chi connectivity index (χ4n) is 4.70. The van der Waals surface area contributed by atoms with Crippen LogP contribution in [-0.4, -0.2) is 39.9 Å². The van der Waals surface area contributed by atoms with E-state index >= 15 is 0 Å². The van der Waals surface area contributed by atoms with Crippen molar-refractivity contribution < 1.29 is 27.5 Å². The van der Waals surface area contributed by atoms with Gasteiger partial charge in [-0.3, -0.25) is 4.79 Å². The van der Waals surface area contributed by atoms with E-state index in [-0.39, 0.29) is 31.3 Å². The molecule has 3 fully saturated rings. The third-order valence-electron chi connectivity index (χ3n) is 7.38. The van der Waals surface area contributed by atoms with Crippen LogP contribution in [0.25, 0.3) is 0 Å². The Morgan fingerprint density at radius 1 is 1.19 bits per heavy atom. The van der Waals surface area contributed by atoms with Crippen LogP contribution in [0.15, 0.2) is 36.5 Å². The summed E-state index contributed by atoms with van der Waals surface area (Å²) >= 11 is 0. The number of terminal acetylenes is 1. The number of hydrogen-bond donors (Lipinski definition) is 4. The molecule has 4 N–H and O–H groups in total. The molecule has 2 saturated heterocycles. The van der Waals surface area contributed by atoms with Crippen LogP contribution < -0.4 is 10.6 Å². The van der Waals surface area contributed by atoms with Crippen molar-refractivity contribution >= 4 is 17.7 Å². The van der Waals surface area contributed by atoms with E-state index in [2.05, 4.69) is 33.4 Å². The van der Waals surface area contributed by atoms with Gasteiger partial charge < -0.3 is 25.8 Å². The Morgan fingerprint density at radius 3 is 2.28 bits per heavy atom. The highest BCUT2D eigenvalue weighted by Crippen LogP contribution is 2.42. The van der Waals surface area contributed by atoms with E-state index < -0.39 is 23.7 Å².